The summed E-state index contributed by atoms with van der Waals surface area (Å²) in [6.45, 7) is -2.78. The van der Waals surface area contributed by atoms with Crippen molar-refractivity contribution in [3.8, 4) is 0 Å². The molecule has 0 saturated carbocycles. The number of rotatable bonds is 3. The molecular formula is C14H9BrF2N4O. The van der Waals surface area contributed by atoms with E-state index in [1.807, 2.05) is 6.07 Å². The number of pyridine rings is 1. The third-order valence-electron chi connectivity index (χ3n) is 3.01. The van der Waals surface area contributed by atoms with Crippen molar-refractivity contribution in [3.63, 3.8) is 0 Å². The molecule has 3 aromatic rings. The van der Waals surface area contributed by atoms with Crippen molar-refractivity contribution in [1.29, 1.82) is 0 Å². The zero-order valence-electron chi connectivity index (χ0n) is 11.0. The predicted octanol–water partition coefficient (Wildman–Crippen LogP) is 3.84. The topological polar surface area (TPSA) is 59.8 Å². The van der Waals surface area contributed by atoms with Crippen LogP contribution in [0.2, 0.25) is 0 Å². The van der Waals surface area contributed by atoms with Crippen LogP contribution in [0.3, 0.4) is 0 Å². The molecule has 0 unspecified atom stereocenters. The number of nitrogens with zero attached hydrogens (tertiary/aromatic N) is 3. The number of hydrogen-bond acceptors (Lipinski definition) is 3. The van der Waals surface area contributed by atoms with Gasteiger partial charge in [-0.2, -0.15) is 13.9 Å². The number of amides is 1. The van der Waals surface area contributed by atoms with Gasteiger partial charge in [0.15, 0.2) is 5.69 Å². The van der Waals surface area contributed by atoms with Crippen LogP contribution >= 0.6 is 15.9 Å². The van der Waals surface area contributed by atoms with E-state index in [1.54, 1.807) is 24.4 Å². The zero-order valence-corrected chi connectivity index (χ0v) is 12.6. The smallest absolute Gasteiger partial charge is 0.319 e. The first-order chi connectivity index (χ1) is 10.6. The zero-order chi connectivity index (χ0) is 15.7. The average molecular weight is 367 g/mol. The summed E-state index contributed by atoms with van der Waals surface area (Å²) >= 11 is 3.41. The average Bonchev–Trinajstić information content (AvgIpc) is 3.01. The second-order valence-electron chi connectivity index (χ2n) is 4.41. The molecule has 0 aliphatic rings. The number of benzene rings is 1. The van der Waals surface area contributed by atoms with Gasteiger partial charge in [0.2, 0.25) is 0 Å². The SMILES string of the molecule is O=C(Nc1ccc(Br)c2cccnc12)c1ccn(C(F)F)n1. The molecule has 2 heterocycles. The molecule has 1 amide bonds. The van der Waals surface area contributed by atoms with Gasteiger partial charge in [0.1, 0.15) is 0 Å². The fourth-order valence-corrected chi connectivity index (χ4v) is 2.45. The van der Waals surface area contributed by atoms with Gasteiger partial charge in [-0.1, -0.05) is 22.0 Å². The van der Waals surface area contributed by atoms with Gasteiger partial charge in [-0.25, -0.2) is 4.68 Å². The molecule has 2 aromatic heterocycles. The van der Waals surface area contributed by atoms with Crippen LogP contribution in [0.5, 0.6) is 0 Å². The van der Waals surface area contributed by atoms with Crippen LogP contribution in [0.25, 0.3) is 10.9 Å². The van der Waals surface area contributed by atoms with Crippen molar-refractivity contribution >= 4 is 38.4 Å². The van der Waals surface area contributed by atoms with Crippen molar-refractivity contribution in [2.24, 2.45) is 0 Å². The fraction of sp³-hybridized carbons (Fsp3) is 0.0714. The van der Waals surface area contributed by atoms with Crippen molar-refractivity contribution in [2.75, 3.05) is 5.32 Å². The van der Waals surface area contributed by atoms with Crippen LogP contribution in [0, 0.1) is 0 Å². The van der Waals surface area contributed by atoms with Crippen molar-refractivity contribution < 1.29 is 13.6 Å². The summed E-state index contributed by atoms with van der Waals surface area (Å²) in [6.07, 6.45) is 2.66. The number of fused-ring (bicyclic) bond motifs is 1. The molecule has 0 aliphatic carbocycles. The molecular weight excluding hydrogens is 358 g/mol. The second kappa shape index (κ2) is 5.80. The van der Waals surface area contributed by atoms with Gasteiger partial charge >= 0.3 is 6.55 Å². The summed E-state index contributed by atoms with van der Waals surface area (Å²) < 4.78 is 26.2. The Labute approximate surface area is 132 Å². The minimum absolute atomic E-state index is 0.0905. The number of alkyl halides is 2. The highest BCUT2D eigenvalue weighted by Crippen LogP contribution is 2.28. The maximum absolute atomic E-state index is 12.5. The lowest BCUT2D eigenvalue weighted by Crippen LogP contribution is -2.14. The molecule has 0 fully saturated rings. The minimum atomic E-state index is -2.78. The van der Waals surface area contributed by atoms with E-state index < -0.39 is 12.5 Å². The molecule has 0 spiro atoms. The Hall–Kier alpha value is -2.35. The third kappa shape index (κ3) is 2.69. The Balaban J connectivity index is 1.92. The first kappa shape index (κ1) is 14.6. The van der Waals surface area contributed by atoms with E-state index in [0.717, 1.165) is 16.1 Å². The highest BCUT2D eigenvalue weighted by molar-refractivity contribution is 9.10. The highest BCUT2D eigenvalue weighted by atomic mass is 79.9. The summed E-state index contributed by atoms with van der Waals surface area (Å²) in [5.41, 5.74) is 0.987. The molecule has 0 saturated heterocycles. The quantitative estimate of drug-likeness (QED) is 0.765. The van der Waals surface area contributed by atoms with Gasteiger partial charge in [-0.15, -0.1) is 0 Å². The number of halogens is 3. The lowest BCUT2D eigenvalue weighted by atomic mass is 10.2. The van der Waals surface area contributed by atoms with Crippen LogP contribution in [0.15, 0.2) is 47.2 Å². The Morgan fingerprint density at radius 2 is 2.09 bits per heavy atom. The van der Waals surface area contributed by atoms with Gasteiger partial charge in [-0.05, 0) is 24.3 Å². The molecule has 8 heteroatoms. The maximum Gasteiger partial charge on any atom is 0.333 e. The summed E-state index contributed by atoms with van der Waals surface area (Å²) in [7, 11) is 0. The predicted molar refractivity (Wildman–Crippen MR) is 80.9 cm³/mol. The van der Waals surface area contributed by atoms with E-state index in [0.29, 0.717) is 15.9 Å². The monoisotopic (exact) mass is 366 g/mol. The molecule has 0 atom stereocenters. The van der Waals surface area contributed by atoms with Gasteiger partial charge in [-0.3, -0.25) is 9.78 Å². The van der Waals surface area contributed by atoms with E-state index in [9.17, 15) is 13.6 Å². The lowest BCUT2D eigenvalue weighted by Gasteiger charge is -2.08. The van der Waals surface area contributed by atoms with Crippen LogP contribution in [-0.2, 0) is 0 Å². The summed E-state index contributed by atoms with van der Waals surface area (Å²) in [5.74, 6) is -0.575. The van der Waals surface area contributed by atoms with E-state index in [4.69, 9.17) is 0 Å². The van der Waals surface area contributed by atoms with Crippen LogP contribution in [0.4, 0.5) is 14.5 Å². The van der Waals surface area contributed by atoms with Gasteiger partial charge in [0, 0.05) is 22.3 Å². The first-order valence-corrected chi connectivity index (χ1v) is 7.03. The number of anilines is 1. The van der Waals surface area contributed by atoms with Crippen LogP contribution < -0.4 is 5.32 Å². The summed E-state index contributed by atoms with van der Waals surface area (Å²) in [5, 5.41) is 7.00. The van der Waals surface area contributed by atoms with E-state index in [1.165, 1.54) is 6.07 Å². The molecule has 0 bridgehead atoms. The minimum Gasteiger partial charge on any atom is -0.319 e. The molecule has 3 rings (SSSR count). The highest BCUT2D eigenvalue weighted by Gasteiger charge is 2.15. The van der Waals surface area contributed by atoms with Crippen molar-refractivity contribution in [2.45, 2.75) is 6.55 Å². The first-order valence-electron chi connectivity index (χ1n) is 6.24. The Kier molecular flexibility index (Phi) is 3.84. The molecule has 22 heavy (non-hydrogen) atoms. The number of carbonyl (C=O) groups is 1. The number of nitrogens with one attached hydrogen (secondary N) is 1. The van der Waals surface area contributed by atoms with E-state index in [2.05, 4.69) is 31.3 Å². The van der Waals surface area contributed by atoms with E-state index in [-0.39, 0.29) is 5.69 Å². The second-order valence-corrected chi connectivity index (χ2v) is 5.26. The molecule has 5 nitrogen and oxygen atoms in total. The maximum atomic E-state index is 12.5. The lowest BCUT2D eigenvalue weighted by molar-refractivity contribution is 0.0561. The molecule has 0 radical (unpaired) electrons. The van der Waals surface area contributed by atoms with Crippen LogP contribution in [-0.4, -0.2) is 20.7 Å². The standard InChI is InChI=1S/C14H9BrF2N4O/c15-9-3-4-10(12-8(9)2-1-6-18-12)19-13(22)11-5-7-21(20-11)14(16)17/h1-7,14H,(H,19,22). The Morgan fingerprint density at radius 1 is 1.27 bits per heavy atom. The van der Waals surface area contributed by atoms with Crippen molar-refractivity contribution in [3.05, 3.63) is 52.9 Å². The number of hydrogen-bond donors (Lipinski definition) is 1. The normalized spacial score (nSPS) is 11.1. The van der Waals surface area contributed by atoms with Gasteiger partial charge in [0.25, 0.3) is 5.91 Å². The molecule has 0 aliphatic heterocycles. The van der Waals surface area contributed by atoms with Crippen LogP contribution in [0.1, 0.15) is 17.0 Å². The van der Waals surface area contributed by atoms with Crippen molar-refractivity contribution in [1.82, 2.24) is 14.8 Å². The molecule has 1 N–H and O–H groups in total. The summed E-state index contributed by atoms with van der Waals surface area (Å²) in [4.78, 5) is 16.3. The third-order valence-corrected chi connectivity index (χ3v) is 3.70. The van der Waals surface area contributed by atoms with E-state index >= 15 is 0 Å². The Morgan fingerprint density at radius 3 is 2.82 bits per heavy atom. The fourth-order valence-electron chi connectivity index (χ4n) is 1.99. The van der Waals surface area contributed by atoms with Gasteiger partial charge in [0.05, 0.1) is 11.2 Å². The molecule has 112 valence electrons. The van der Waals surface area contributed by atoms with Gasteiger partial charge < -0.3 is 5.32 Å². The molecule has 1 aromatic carbocycles. The Bertz CT molecular complexity index is 850. The summed E-state index contributed by atoms with van der Waals surface area (Å²) in [6, 6.07) is 8.32. The largest absolute Gasteiger partial charge is 0.333 e. The number of carbonyl (C=O) groups excluding carboxylic acids is 1. The number of aromatic nitrogens is 3.